The average molecular weight is 320 g/mol. The monoisotopic (exact) mass is 319 g/mol. The van der Waals surface area contributed by atoms with Crippen LogP contribution in [-0.4, -0.2) is 33.7 Å². The number of halogens is 1. The summed E-state index contributed by atoms with van der Waals surface area (Å²) in [5, 5.41) is 5.08. The number of carbonyl (C=O) groups excluding carboxylic acids is 1. The van der Waals surface area contributed by atoms with Crippen LogP contribution in [0.25, 0.3) is 5.69 Å². The summed E-state index contributed by atoms with van der Waals surface area (Å²) >= 11 is 6.08. The molecule has 0 N–H and O–H groups in total. The van der Waals surface area contributed by atoms with E-state index in [-0.39, 0.29) is 11.8 Å². The summed E-state index contributed by atoms with van der Waals surface area (Å²) < 4.78 is 1.81. The zero-order valence-electron chi connectivity index (χ0n) is 13.5. The number of benzene rings is 1. The van der Waals surface area contributed by atoms with Gasteiger partial charge in [0.05, 0.1) is 23.1 Å². The summed E-state index contributed by atoms with van der Waals surface area (Å²) in [5.74, 6) is 0.206. The average Bonchev–Trinajstić information content (AvgIpc) is 2.93. The summed E-state index contributed by atoms with van der Waals surface area (Å²) in [7, 11) is 0. The molecule has 0 aliphatic rings. The molecule has 0 spiro atoms. The van der Waals surface area contributed by atoms with E-state index in [0.29, 0.717) is 23.7 Å². The van der Waals surface area contributed by atoms with Crippen LogP contribution in [-0.2, 0) is 0 Å². The maximum absolute atomic E-state index is 12.7. The molecular weight excluding hydrogens is 298 g/mol. The normalized spacial score (nSPS) is 11.0. The number of hydrogen-bond donors (Lipinski definition) is 0. The van der Waals surface area contributed by atoms with Crippen LogP contribution in [0.2, 0.25) is 5.02 Å². The molecule has 0 saturated carbocycles. The molecule has 5 heteroatoms. The van der Waals surface area contributed by atoms with E-state index in [1.54, 1.807) is 6.20 Å². The lowest BCUT2D eigenvalue weighted by Crippen LogP contribution is -2.31. The van der Waals surface area contributed by atoms with Crippen molar-refractivity contribution in [3.63, 3.8) is 0 Å². The first kappa shape index (κ1) is 16.6. The second-order valence-electron chi connectivity index (χ2n) is 5.47. The second kappa shape index (κ2) is 6.97. The molecule has 1 aromatic heterocycles. The zero-order valence-corrected chi connectivity index (χ0v) is 14.3. The van der Waals surface area contributed by atoms with Crippen LogP contribution in [0.4, 0.5) is 0 Å². The molecular formula is C17H22ClN3O. The van der Waals surface area contributed by atoms with Crippen LogP contribution in [0.3, 0.4) is 0 Å². The Morgan fingerprint density at radius 1 is 1.32 bits per heavy atom. The molecule has 4 nitrogen and oxygen atoms in total. The van der Waals surface area contributed by atoms with Gasteiger partial charge in [-0.1, -0.05) is 31.5 Å². The van der Waals surface area contributed by atoms with Crippen molar-refractivity contribution < 1.29 is 4.79 Å². The highest BCUT2D eigenvalue weighted by atomic mass is 35.5. The molecule has 1 amide bonds. The lowest BCUT2D eigenvalue weighted by Gasteiger charge is -2.20. The van der Waals surface area contributed by atoms with Gasteiger partial charge in [0.15, 0.2) is 0 Å². The van der Waals surface area contributed by atoms with E-state index < -0.39 is 0 Å². The van der Waals surface area contributed by atoms with Crippen molar-refractivity contribution in [1.29, 1.82) is 0 Å². The SMILES string of the molecule is CCN(CC)C(=O)c1cnn(-c2cccc(Cl)c2)c1C(C)C. The Kier molecular flexibility index (Phi) is 5.24. The Bertz CT molecular complexity index is 660. The highest BCUT2D eigenvalue weighted by Crippen LogP contribution is 2.25. The van der Waals surface area contributed by atoms with Crippen molar-refractivity contribution in [2.45, 2.75) is 33.6 Å². The molecule has 0 unspecified atom stereocenters. The third-order valence-electron chi connectivity index (χ3n) is 3.69. The van der Waals surface area contributed by atoms with E-state index >= 15 is 0 Å². The maximum Gasteiger partial charge on any atom is 0.257 e. The number of nitrogens with zero attached hydrogens (tertiary/aromatic N) is 3. The minimum atomic E-state index is 0.0296. The van der Waals surface area contributed by atoms with Crippen molar-refractivity contribution in [1.82, 2.24) is 14.7 Å². The first-order valence-corrected chi connectivity index (χ1v) is 8.00. The first-order chi connectivity index (χ1) is 10.5. The summed E-state index contributed by atoms with van der Waals surface area (Å²) in [5.41, 5.74) is 2.45. The highest BCUT2D eigenvalue weighted by Gasteiger charge is 2.23. The van der Waals surface area contributed by atoms with Crippen molar-refractivity contribution in [3.8, 4) is 5.69 Å². The lowest BCUT2D eigenvalue weighted by molar-refractivity contribution is 0.0771. The van der Waals surface area contributed by atoms with Crippen molar-refractivity contribution in [2.24, 2.45) is 0 Å². The number of aromatic nitrogens is 2. The summed E-state index contributed by atoms with van der Waals surface area (Å²) in [4.78, 5) is 14.5. The van der Waals surface area contributed by atoms with Gasteiger partial charge in [0, 0.05) is 18.1 Å². The van der Waals surface area contributed by atoms with Gasteiger partial charge in [0.25, 0.3) is 5.91 Å². The Hall–Kier alpha value is -1.81. The number of carbonyl (C=O) groups is 1. The molecule has 2 rings (SSSR count). The number of hydrogen-bond acceptors (Lipinski definition) is 2. The molecule has 0 atom stereocenters. The van der Waals surface area contributed by atoms with Crippen LogP contribution >= 0.6 is 11.6 Å². The Balaban J connectivity index is 2.53. The fourth-order valence-corrected chi connectivity index (χ4v) is 2.76. The Labute approximate surface area is 136 Å². The smallest absolute Gasteiger partial charge is 0.257 e. The summed E-state index contributed by atoms with van der Waals surface area (Å²) in [6.07, 6.45) is 1.66. The van der Waals surface area contributed by atoms with Crippen LogP contribution in [0.1, 0.15) is 49.7 Å². The predicted molar refractivity (Wildman–Crippen MR) is 89.9 cm³/mol. The van der Waals surface area contributed by atoms with Gasteiger partial charge in [-0.25, -0.2) is 4.68 Å². The molecule has 2 aromatic rings. The minimum Gasteiger partial charge on any atom is -0.339 e. The molecule has 0 radical (unpaired) electrons. The van der Waals surface area contributed by atoms with E-state index in [4.69, 9.17) is 11.6 Å². The van der Waals surface area contributed by atoms with Gasteiger partial charge >= 0.3 is 0 Å². The van der Waals surface area contributed by atoms with Gasteiger partial charge in [-0.3, -0.25) is 4.79 Å². The molecule has 1 heterocycles. The van der Waals surface area contributed by atoms with Crippen molar-refractivity contribution in [2.75, 3.05) is 13.1 Å². The minimum absolute atomic E-state index is 0.0296. The van der Waals surface area contributed by atoms with Gasteiger partial charge in [0.2, 0.25) is 0 Å². The first-order valence-electron chi connectivity index (χ1n) is 7.62. The summed E-state index contributed by atoms with van der Waals surface area (Å²) in [6, 6.07) is 7.50. The zero-order chi connectivity index (χ0) is 16.3. The van der Waals surface area contributed by atoms with Crippen molar-refractivity contribution in [3.05, 3.63) is 46.7 Å². The third-order valence-corrected chi connectivity index (χ3v) is 3.92. The predicted octanol–water partition coefficient (Wildman–Crippen LogP) is 4.13. The topological polar surface area (TPSA) is 38.1 Å². The Morgan fingerprint density at radius 2 is 2.00 bits per heavy atom. The molecule has 0 saturated heterocycles. The lowest BCUT2D eigenvalue weighted by atomic mass is 10.0. The second-order valence-corrected chi connectivity index (χ2v) is 5.90. The Morgan fingerprint density at radius 3 is 2.55 bits per heavy atom. The van der Waals surface area contributed by atoms with E-state index in [1.165, 1.54) is 0 Å². The molecule has 0 fully saturated rings. The molecule has 0 aliphatic heterocycles. The van der Waals surface area contributed by atoms with Crippen LogP contribution in [0.15, 0.2) is 30.5 Å². The third kappa shape index (κ3) is 3.17. The standard InChI is InChI=1S/C17H22ClN3O/c1-5-20(6-2)17(22)15-11-19-21(16(15)12(3)4)14-9-7-8-13(18)10-14/h7-12H,5-6H2,1-4H3. The van der Waals surface area contributed by atoms with Gasteiger partial charge < -0.3 is 4.90 Å². The van der Waals surface area contributed by atoms with E-state index in [1.807, 2.05) is 47.7 Å². The molecule has 0 bridgehead atoms. The van der Waals surface area contributed by atoms with Gasteiger partial charge in [-0.05, 0) is 38.0 Å². The quantitative estimate of drug-likeness (QED) is 0.831. The molecule has 22 heavy (non-hydrogen) atoms. The highest BCUT2D eigenvalue weighted by molar-refractivity contribution is 6.30. The fourth-order valence-electron chi connectivity index (χ4n) is 2.57. The molecule has 1 aromatic carbocycles. The van der Waals surface area contributed by atoms with E-state index in [9.17, 15) is 4.79 Å². The molecule has 118 valence electrons. The van der Waals surface area contributed by atoms with E-state index in [0.717, 1.165) is 11.4 Å². The van der Waals surface area contributed by atoms with Gasteiger partial charge in [0.1, 0.15) is 0 Å². The summed E-state index contributed by atoms with van der Waals surface area (Å²) in [6.45, 7) is 9.48. The van der Waals surface area contributed by atoms with E-state index in [2.05, 4.69) is 18.9 Å². The van der Waals surface area contributed by atoms with Gasteiger partial charge in [-0.2, -0.15) is 5.10 Å². The van der Waals surface area contributed by atoms with Gasteiger partial charge in [-0.15, -0.1) is 0 Å². The molecule has 0 aliphatic carbocycles. The van der Waals surface area contributed by atoms with Crippen LogP contribution < -0.4 is 0 Å². The van der Waals surface area contributed by atoms with Crippen molar-refractivity contribution >= 4 is 17.5 Å². The van der Waals surface area contributed by atoms with Crippen LogP contribution in [0, 0.1) is 0 Å². The maximum atomic E-state index is 12.7. The number of amides is 1. The largest absolute Gasteiger partial charge is 0.339 e. The number of rotatable bonds is 5. The fraction of sp³-hybridized carbons (Fsp3) is 0.412. The van der Waals surface area contributed by atoms with Crippen LogP contribution in [0.5, 0.6) is 0 Å².